The van der Waals surface area contributed by atoms with E-state index < -0.39 is 0 Å². The maximum absolute atomic E-state index is 5.46. The number of benzene rings is 1. The summed E-state index contributed by atoms with van der Waals surface area (Å²) >= 11 is 0. The number of methoxy groups -OCH3 is 2. The molecule has 4 heteroatoms. The number of ether oxygens (including phenoxy) is 2. The molecule has 0 radical (unpaired) electrons. The second kappa shape index (κ2) is 6.91. The first-order chi connectivity index (χ1) is 9.81. The Labute approximate surface area is 119 Å². The molecule has 1 unspecified atom stereocenters. The molecular weight excluding hydrogens is 252 g/mol. The number of para-hydroxylation sites is 1. The quantitative estimate of drug-likeness (QED) is 0.878. The smallest absolute Gasteiger partial charge is 0.142 e. The van der Waals surface area contributed by atoms with Gasteiger partial charge in [-0.2, -0.15) is 0 Å². The van der Waals surface area contributed by atoms with Crippen LogP contribution in [0.5, 0.6) is 11.5 Å². The van der Waals surface area contributed by atoms with Crippen LogP contribution in [0.2, 0.25) is 0 Å². The van der Waals surface area contributed by atoms with Crippen molar-refractivity contribution >= 4 is 0 Å². The molecule has 2 rings (SSSR count). The molecule has 0 saturated carbocycles. The van der Waals surface area contributed by atoms with Crippen molar-refractivity contribution in [1.29, 1.82) is 0 Å². The molecule has 0 bridgehead atoms. The van der Waals surface area contributed by atoms with E-state index in [0.29, 0.717) is 0 Å². The average Bonchev–Trinajstić information content (AvgIpc) is 2.52. The molecule has 0 amide bonds. The molecule has 0 aliphatic heterocycles. The van der Waals surface area contributed by atoms with Crippen LogP contribution >= 0.6 is 0 Å². The average molecular weight is 272 g/mol. The van der Waals surface area contributed by atoms with Crippen molar-refractivity contribution < 1.29 is 9.47 Å². The maximum atomic E-state index is 5.46. The highest BCUT2D eigenvalue weighted by Gasteiger charge is 2.21. The van der Waals surface area contributed by atoms with Gasteiger partial charge in [-0.15, -0.1) is 0 Å². The molecule has 4 nitrogen and oxygen atoms in total. The summed E-state index contributed by atoms with van der Waals surface area (Å²) in [4.78, 5) is 4.48. The van der Waals surface area contributed by atoms with Gasteiger partial charge < -0.3 is 14.8 Å². The summed E-state index contributed by atoms with van der Waals surface area (Å²) in [6.45, 7) is 2.89. The van der Waals surface area contributed by atoms with E-state index in [2.05, 4.69) is 17.2 Å². The molecule has 0 fully saturated rings. The van der Waals surface area contributed by atoms with Crippen molar-refractivity contribution in [1.82, 2.24) is 10.3 Å². The predicted molar refractivity (Wildman–Crippen MR) is 79.3 cm³/mol. The molecule has 2 aromatic rings. The Morgan fingerprint density at radius 3 is 2.45 bits per heavy atom. The van der Waals surface area contributed by atoms with E-state index in [1.165, 1.54) is 0 Å². The van der Waals surface area contributed by atoms with Crippen molar-refractivity contribution in [3.63, 3.8) is 0 Å². The lowest BCUT2D eigenvalue weighted by molar-refractivity contribution is 0.391. The minimum absolute atomic E-state index is 0.0627. The van der Waals surface area contributed by atoms with Crippen molar-refractivity contribution in [2.75, 3.05) is 20.8 Å². The fourth-order valence-corrected chi connectivity index (χ4v) is 2.26. The highest BCUT2D eigenvalue weighted by atomic mass is 16.5. The largest absolute Gasteiger partial charge is 0.496 e. The molecular formula is C16H20N2O2. The van der Waals surface area contributed by atoms with Crippen molar-refractivity contribution in [3.05, 3.63) is 53.9 Å². The summed E-state index contributed by atoms with van der Waals surface area (Å²) in [6.07, 6.45) is 1.78. The van der Waals surface area contributed by atoms with Gasteiger partial charge in [0.1, 0.15) is 17.2 Å². The van der Waals surface area contributed by atoms with Crippen LogP contribution in [-0.2, 0) is 0 Å². The molecule has 1 heterocycles. The van der Waals surface area contributed by atoms with Gasteiger partial charge in [-0.1, -0.05) is 25.1 Å². The van der Waals surface area contributed by atoms with Gasteiger partial charge in [-0.05, 0) is 24.7 Å². The number of aromatic nitrogens is 1. The van der Waals surface area contributed by atoms with Gasteiger partial charge in [0, 0.05) is 11.8 Å². The molecule has 1 N–H and O–H groups in total. The zero-order chi connectivity index (χ0) is 14.4. The van der Waals surface area contributed by atoms with Crippen LogP contribution in [0.15, 0.2) is 42.6 Å². The number of hydrogen-bond acceptors (Lipinski definition) is 4. The van der Waals surface area contributed by atoms with Crippen LogP contribution in [0.3, 0.4) is 0 Å². The fraction of sp³-hybridized carbons (Fsp3) is 0.312. The molecule has 0 aliphatic carbocycles. The monoisotopic (exact) mass is 272 g/mol. The maximum Gasteiger partial charge on any atom is 0.142 e. The third-order valence-electron chi connectivity index (χ3n) is 3.15. The Hall–Kier alpha value is -2.07. The SMILES string of the molecule is CCNC(c1ccccc1OC)c1ncccc1OC. The zero-order valence-corrected chi connectivity index (χ0v) is 12.1. The minimum Gasteiger partial charge on any atom is -0.496 e. The third-order valence-corrected chi connectivity index (χ3v) is 3.15. The Morgan fingerprint density at radius 1 is 1.05 bits per heavy atom. The zero-order valence-electron chi connectivity index (χ0n) is 12.1. The van der Waals surface area contributed by atoms with Gasteiger partial charge in [0.15, 0.2) is 0 Å². The number of pyridine rings is 1. The first-order valence-corrected chi connectivity index (χ1v) is 6.67. The van der Waals surface area contributed by atoms with Gasteiger partial charge in [-0.3, -0.25) is 4.98 Å². The Bertz CT molecular complexity index is 510. The van der Waals surface area contributed by atoms with Crippen LogP contribution in [0.25, 0.3) is 0 Å². The number of nitrogens with zero attached hydrogens (tertiary/aromatic N) is 1. The topological polar surface area (TPSA) is 43.4 Å². The Kier molecular flexibility index (Phi) is 4.96. The lowest BCUT2D eigenvalue weighted by Crippen LogP contribution is -2.24. The van der Waals surface area contributed by atoms with Crippen LogP contribution in [0.1, 0.15) is 24.2 Å². The summed E-state index contributed by atoms with van der Waals surface area (Å²) < 4.78 is 10.9. The molecule has 1 atom stereocenters. The molecule has 0 spiro atoms. The normalized spacial score (nSPS) is 11.9. The molecule has 20 heavy (non-hydrogen) atoms. The first kappa shape index (κ1) is 14.3. The summed E-state index contributed by atoms with van der Waals surface area (Å²) in [5.41, 5.74) is 1.91. The number of nitrogens with one attached hydrogen (secondary N) is 1. The lowest BCUT2D eigenvalue weighted by atomic mass is 10.0. The van der Waals surface area contributed by atoms with Crippen LogP contribution in [-0.4, -0.2) is 25.7 Å². The molecule has 0 saturated heterocycles. The van der Waals surface area contributed by atoms with E-state index in [1.54, 1.807) is 20.4 Å². The number of rotatable bonds is 6. The van der Waals surface area contributed by atoms with E-state index in [1.807, 2.05) is 36.4 Å². The lowest BCUT2D eigenvalue weighted by Gasteiger charge is -2.21. The van der Waals surface area contributed by atoms with Gasteiger partial charge >= 0.3 is 0 Å². The van der Waals surface area contributed by atoms with E-state index in [0.717, 1.165) is 29.3 Å². The van der Waals surface area contributed by atoms with E-state index in [-0.39, 0.29) is 6.04 Å². The Morgan fingerprint density at radius 2 is 1.75 bits per heavy atom. The van der Waals surface area contributed by atoms with Gasteiger partial charge in [-0.25, -0.2) is 0 Å². The molecule has 106 valence electrons. The van der Waals surface area contributed by atoms with E-state index in [9.17, 15) is 0 Å². The van der Waals surface area contributed by atoms with Crippen molar-refractivity contribution in [2.45, 2.75) is 13.0 Å². The number of hydrogen-bond donors (Lipinski definition) is 1. The first-order valence-electron chi connectivity index (χ1n) is 6.67. The van der Waals surface area contributed by atoms with Gasteiger partial charge in [0.25, 0.3) is 0 Å². The molecule has 0 aliphatic rings. The summed E-state index contributed by atoms with van der Waals surface area (Å²) in [5, 5.41) is 3.44. The highest BCUT2D eigenvalue weighted by Crippen LogP contribution is 2.32. The van der Waals surface area contributed by atoms with Crippen molar-refractivity contribution in [3.8, 4) is 11.5 Å². The second-order valence-electron chi connectivity index (χ2n) is 4.32. The summed E-state index contributed by atoms with van der Waals surface area (Å²) in [6, 6.07) is 11.7. The van der Waals surface area contributed by atoms with E-state index in [4.69, 9.17) is 9.47 Å². The Balaban J connectivity index is 2.50. The second-order valence-corrected chi connectivity index (χ2v) is 4.32. The predicted octanol–water partition coefficient (Wildman–Crippen LogP) is 2.80. The highest BCUT2D eigenvalue weighted by molar-refractivity contribution is 5.43. The van der Waals surface area contributed by atoms with E-state index >= 15 is 0 Å². The van der Waals surface area contributed by atoms with Gasteiger partial charge in [0.2, 0.25) is 0 Å². The van der Waals surface area contributed by atoms with Crippen molar-refractivity contribution in [2.24, 2.45) is 0 Å². The minimum atomic E-state index is -0.0627. The van der Waals surface area contributed by atoms with Crippen LogP contribution in [0.4, 0.5) is 0 Å². The fourth-order valence-electron chi connectivity index (χ4n) is 2.26. The van der Waals surface area contributed by atoms with Crippen LogP contribution < -0.4 is 14.8 Å². The van der Waals surface area contributed by atoms with Gasteiger partial charge in [0.05, 0.1) is 20.3 Å². The third kappa shape index (κ3) is 2.91. The molecule has 1 aromatic carbocycles. The molecule has 1 aromatic heterocycles. The summed E-state index contributed by atoms with van der Waals surface area (Å²) in [7, 11) is 3.34. The van der Waals surface area contributed by atoms with Crippen LogP contribution in [0, 0.1) is 0 Å². The summed E-state index contributed by atoms with van der Waals surface area (Å²) in [5.74, 6) is 1.61. The standard InChI is InChI=1S/C16H20N2O2/c1-4-17-15(12-8-5-6-9-13(12)19-2)16-14(20-3)10-7-11-18-16/h5-11,15,17H,4H2,1-3H3.